The number of hydrogen-bond acceptors (Lipinski definition) is 3. The molecule has 0 fully saturated rings. The standard InChI is InChI=1S/C12H19N3O2S/c1-8(2)11(12(13)14)15-18(16,17)10-6-4-5-9(3)7-10/h4-8,11,15H,1-3H3,(H3,13,14). The highest BCUT2D eigenvalue weighted by Crippen LogP contribution is 2.13. The first-order valence-electron chi connectivity index (χ1n) is 5.67. The first-order chi connectivity index (χ1) is 8.24. The summed E-state index contributed by atoms with van der Waals surface area (Å²) in [4.78, 5) is 0.189. The zero-order chi connectivity index (χ0) is 13.9. The smallest absolute Gasteiger partial charge is 0.241 e. The molecule has 18 heavy (non-hydrogen) atoms. The van der Waals surface area contributed by atoms with E-state index in [1.165, 1.54) is 6.07 Å². The van der Waals surface area contributed by atoms with Crippen molar-refractivity contribution < 1.29 is 8.42 Å². The van der Waals surface area contributed by atoms with Gasteiger partial charge in [0.2, 0.25) is 10.0 Å². The van der Waals surface area contributed by atoms with E-state index in [1.54, 1.807) is 12.1 Å². The van der Waals surface area contributed by atoms with Crippen LogP contribution in [0.4, 0.5) is 0 Å². The van der Waals surface area contributed by atoms with Crippen LogP contribution < -0.4 is 10.5 Å². The molecule has 0 saturated heterocycles. The number of sulfonamides is 1. The topological polar surface area (TPSA) is 96.0 Å². The molecule has 0 bridgehead atoms. The van der Waals surface area contributed by atoms with Crippen molar-refractivity contribution >= 4 is 15.9 Å². The molecule has 1 atom stereocenters. The van der Waals surface area contributed by atoms with Crippen LogP contribution in [0.25, 0.3) is 0 Å². The van der Waals surface area contributed by atoms with Gasteiger partial charge in [-0.2, -0.15) is 0 Å². The Morgan fingerprint density at radius 2 is 2.00 bits per heavy atom. The summed E-state index contributed by atoms with van der Waals surface area (Å²) in [6.07, 6.45) is 0. The predicted molar refractivity (Wildman–Crippen MR) is 72.0 cm³/mol. The van der Waals surface area contributed by atoms with Crippen LogP contribution in [0.1, 0.15) is 19.4 Å². The lowest BCUT2D eigenvalue weighted by Crippen LogP contribution is -2.47. The molecule has 100 valence electrons. The summed E-state index contributed by atoms with van der Waals surface area (Å²) in [5.41, 5.74) is 6.27. The van der Waals surface area contributed by atoms with Gasteiger partial charge in [-0.25, -0.2) is 13.1 Å². The number of aryl methyl sites for hydroxylation is 1. The molecule has 0 heterocycles. The Hall–Kier alpha value is -1.40. The highest BCUT2D eigenvalue weighted by molar-refractivity contribution is 7.89. The summed E-state index contributed by atoms with van der Waals surface area (Å²) in [7, 11) is -3.64. The number of nitrogens with one attached hydrogen (secondary N) is 2. The van der Waals surface area contributed by atoms with Gasteiger partial charge >= 0.3 is 0 Å². The van der Waals surface area contributed by atoms with Crippen molar-refractivity contribution in [3.8, 4) is 0 Å². The lowest BCUT2D eigenvalue weighted by molar-refractivity contribution is 0.522. The Kier molecular flexibility index (Phi) is 4.48. The number of rotatable bonds is 5. The molecule has 0 amide bonds. The molecule has 0 aliphatic heterocycles. The minimum atomic E-state index is -3.64. The van der Waals surface area contributed by atoms with Crippen molar-refractivity contribution in [2.45, 2.75) is 31.7 Å². The molecule has 0 radical (unpaired) electrons. The molecule has 1 aromatic carbocycles. The van der Waals surface area contributed by atoms with Crippen molar-refractivity contribution in [3.05, 3.63) is 29.8 Å². The van der Waals surface area contributed by atoms with Crippen molar-refractivity contribution in [3.63, 3.8) is 0 Å². The average molecular weight is 269 g/mol. The molecule has 6 heteroatoms. The van der Waals surface area contributed by atoms with E-state index in [1.807, 2.05) is 26.8 Å². The molecule has 0 spiro atoms. The van der Waals surface area contributed by atoms with Crippen LogP contribution in [0.3, 0.4) is 0 Å². The Bertz CT molecular complexity index is 538. The Balaban J connectivity index is 3.05. The van der Waals surface area contributed by atoms with Crippen molar-refractivity contribution in [2.75, 3.05) is 0 Å². The fraction of sp³-hybridized carbons (Fsp3) is 0.417. The van der Waals surface area contributed by atoms with Crippen molar-refractivity contribution in [2.24, 2.45) is 11.7 Å². The van der Waals surface area contributed by atoms with Crippen LogP contribution in [-0.4, -0.2) is 20.3 Å². The van der Waals surface area contributed by atoms with Gasteiger partial charge in [-0.3, -0.25) is 5.41 Å². The lowest BCUT2D eigenvalue weighted by atomic mass is 10.1. The summed E-state index contributed by atoms with van der Waals surface area (Å²) in [5, 5.41) is 7.42. The highest BCUT2D eigenvalue weighted by atomic mass is 32.2. The molecule has 5 nitrogen and oxygen atoms in total. The zero-order valence-electron chi connectivity index (χ0n) is 10.8. The van der Waals surface area contributed by atoms with E-state index in [4.69, 9.17) is 11.1 Å². The van der Waals surface area contributed by atoms with Crippen LogP contribution in [0, 0.1) is 18.3 Å². The number of hydrogen-bond donors (Lipinski definition) is 3. The summed E-state index contributed by atoms with van der Waals surface area (Å²) in [6, 6.07) is 5.93. The van der Waals surface area contributed by atoms with E-state index in [0.29, 0.717) is 0 Å². The maximum absolute atomic E-state index is 12.1. The second-order valence-electron chi connectivity index (χ2n) is 4.61. The van der Waals surface area contributed by atoms with E-state index in [9.17, 15) is 8.42 Å². The van der Waals surface area contributed by atoms with Crippen LogP contribution >= 0.6 is 0 Å². The second-order valence-corrected chi connectivity index (χ2v) is 6.33. The average Bonchev–Trinajstić information content (AvgIpc) is 2.25. The quantitative estimate of drug-likeness (QED) is 0.554. The largest absolute Gasteiger partial charge is 0.386 e. The van der Waals surface area contributed by atoms with Crippen molar-refractivity contribution in [1.82, 2.24) is 4.72 Å². The molecular formula is C12H19N3O2S. The summed E-state index contributed by atoms with van der Waals surface area (Å²) < 4.78 is 26.7. The van der Waals surface area contributed by atoms with Crippen molar-refractivity contribution in [1.29, 1.82) is 5.41 Å². The number of benzene rings is 1. The molecule has 0 aromatic heterocycles. The Labute approximate surface area is 108 Å². The van der Waals surface area contributed by atoms with Crippen LogP contribution in [0.2, 0.25) is 0 Å². The van der Waals surface area contributed by atoms with Gasteiger partial charge in [-0.05, 0) is 30.5 Å². The van der Waals surface area contributed by atoms with Crippen LogP contribution in [-0.2, 0) is 10.0 Å². The van der Waals surface area contributed by atoms with Crippen LogP contribution in [0.5, 0.6) is 0 Å². The molecule has 0 aliphatic carbocycles. The van der Waals surface area contributed by atoms with E-state index in [-0.39, 0.29) is 16.6 Å². The first-order valence-corrected chi connectivity index (χ1v) is 7.15. The molecule has 4 N–H and O–H groups in total. The van der Waals surface area contributed by atoms with Crippen LogP contribution in [0.15, 0.2) is 29.2 Å². The van der Waals surface area contributed by atoms with Gasteiger partial charge < -0.3 is 5.73 Å². The minimum absolute atomic E-state index is 0.0814. The molecule has 0 saturated carbocycles. The summed E-state index contributed by atoms with van der Waals surface area (Å²) in [5.74, 6) is -0.261. The van der Waals surface area contributed by atoms with E-state index in [0.717, 1.165) is 5.56 Å². The third kappa shape index (κ3) is 3.54. The first kappa shape index (κ1) is 14.7. The van der Waals surface area contributed by atoms with Gasteiger partial charge in [0.05, 0.1) is 10.9 Å². The van der Waals surface area contributed by atoms with E-state index in [2.05, 4.69) is 4.72 Å². The zero-order valence-corrected chi connectivity index (χ0v) is 11.6. The Morgan fingerprint density at radius 1 is 1.39 bits per heavy atom. The van der Waals surface area contributed by atoms with Gasteiger partial charge in [0.15, 0.2) is 0 Å². The molecule has 1 aromatic rings. The Morgan fingerprint density at radius 3 is 2.44 bits per heavy atom. The highest BCUT2D eigenvalue weighted by Gasteiger charge is 2.24. The normalized spacial score (nSPS) is 13.6. The van der Waals surface area contributed by atoms with E-state index >= 15 is 0 Å². The summed E-state index contributed by atoms with van der Waals surface area (Å²) >= 11 is 0. The fourth-order valence-corrected chi connectivity index (χ4v) is 3.04. The van der Waals surface area contributed by atoms with E-state index < -0.39 is 16.1 Å². The fourth-order valence-electron chi connectivity index (χ4n) is 1.58. The van der Waals surface area contributed by atoms with Gasteiger partial charge in [0.1, 0.15) is 5.84 Å². The third-order valence-electron chi connectivity index (χ3n) is 2.58. The number of amidine groups is 1. The van der Waals surface area contributed by atoms with Gasteiger partial charge in [-0.1, -0.05) is 26.0 Å². The molecular weight excluding hydrogens is 250 g/mol. The number of nitrogens with two attached hydrogens (primary N) is 1. The third-order valence-corrected chi connectivity index (χ3v) is 4.02. The van der Waals surface area contributed by atoms with Gasteiger partial charge in [-0.15, -0.1) is 0 Å². The molecule has 0 aliphatic rings. The van der Waals surface area contributed by atoms with Gasteiger partial charge in [0.25, 0.3) is 0 Å². The maximum atomic E-state index is 12.1. The van der Waals surface area contributed by atoms with Gasteiger partial charge in [0, 0.05) is 0 Å². The lowest BCUT2D eigenvalue weighted by Gasteiger charge is -2.20. The SMILES string of the molecule is Cc1cccc(S(=O)(=O)NC(C(=N)N)C(C)C)c1. The second kappa shape index (κ2) is 5.49. The minimum Gasteiger partial charge on any atom is -0.386 e. The molecule has 1 unspecified atom stereocenters. The monoisotopic (exact) mass is 269 g/mol. The maximum Gasteiger partial charge on any atom is 0.241 e. The summed E-state index contributed by atoms with van der Waals surface area (Å²) in [6.45, 7) is 5.44. The molecule has 1 rings (SSSR count). The predicted octanol–water partition coefficient (Wildman–Crippen LogP) is 1.23.